The van der Waals surface area contributed by atoms with Crippen LogP contribution in [0.25, 0.3) is 0 Å². The van der Waals surface area contributed by atoms with Gasteiger partial charge in [-0.25, -0.2) is 9.37 Å². The molecule has 0 bridgehead atoms. The fraction of sp³-hybridized carbons (Fsp3) is 0.538. The zero-order chi connectivity index (χ0) is 14.3. The van der Waals surface area contributed by atoms with Crippen LogP contribution in [0.15, 0.2) is 12.3 Å². The van der Waals surface area contributed by atoms with Crippen LogP contribution in [0, 0.1) is 5.82 Å². The van der Waals surface area contributed by atoms with Gasteiger partial charge in [-0.1, -0.05) is 6.92 Å². The second-order valence-corrected chi connectivity index (χ2v) is 5.02. The van der Waals surface area contributed by atoms with E-state index >= 15 is 0 Å². The van der Waals surface area contributed by atoms with Crippen molar-refractivity contribution in [3.63, 3.8) is 0 Å². The summed E-state index contributed by atoms with van der Waals surface area (Å²) in [5, 5.41) is 5.87. The van der Waals surface area contributed by atoms with Gasteiger partial charge in [0.2, 0.25) is 0 Å². The molecule has 0 fully saturated rings. The zero-order valence-corrected chi connectivity index (χ0v) is 12.3. The number of anilines is 1. The number of nitrogens with one attached hydrogen (secondary N) is 2. The molecule has 1 aromatic rings. The van der Waals surface area contributed by atoms with E-state index in [0.29, 0.717) is 12.4 Å². The van der Waals surface area contributed by atoms with E-state index in [1.54, 1.807) is 11.8 Å². The number of carbonyl (C=O) groups excluding carboxylic acids is 1. The van der Waals surface area contributed by atoms with Crippen molar-refractivity contribution < 1.29 is 9.18 Å². The Morgan fingerprint density at radius 2 is 2.26 bits per heavy atom. The van der Waals surface area contributed by atoms with Crippen molar-refractivity contribution >= 4 is 23.5 Å². The number of carbonyl (C=O) groups is 1. The Morgan fingerprint density at radius 1 is 1.53 bits per heavy atom. The molecule has 1 rings (SSSR count). The third kappa shape index (κ3) is 4.70. The molecule has 0 aliphatic carbocycles. The predicted molar refractivity (Wildman–Crippen MR) is 78.3 cm³/mol. The number of hydrogen-bond acceptors (Lipinski definition) is 4. The molecule has 1 atom stereocenters. The number of hydrogen-bond donors (Lipinski definition) is 2. The van der Waals surface area contributed by atoms with Gasteiger partial charge < -0.3 is 10.6 Å². The van der Waals surface area contributed by atoms with E-state index in [9.17, 15) is 9.18 Å². The van der Waals surface area contributed by atoms with Crippen molar-refractivity contribution in [2.24, 2.45) is 0 Å². The average Bonchev–Trinajstić information content (AvgIpc) is 2.40. The molecule has 0 spiro atoms. The second kappa shape index (κ2) is 7.99. The van der Waals surface area contributed by atoms with Gasteiger partial charge in [0.25, 0.3) is 5.91 Å². The lowest BCUT2D eigenvalue weighted by molar-refractivity contribution is 0.0940. The molecule has 106 valence electrons. The molecule has 0 aromatic carbocycles. The lowest BCUT2D eigenvalue weighted by Gasteiger charge is -2.17. The summed E-state index contributed by atoms with van der Waals surface area (Å²) in [6, 6.07) is 1.30. The predicted octanol–water partition coefficient (Wildman–Crippen LogP) is 2.52. The Bertz CT molecular complexity index is 428. The maximum absolute atomic E-state index is 13.2. The Balaban J connectivity index is 2.87. The highest BCUT2D eigenvalue weighted by Crippen LogP contribution is 2.14. The van der Waals surface area contributed by atoms with Crippen LogP contribution >= 0.6 is 11.8 Å². The lowest BCUT2D eigenvalue weighted by atomic mass is 10.2. The molecule has 1 unspecified atom stereocenters. The Labute approximate surface area is 117 Å². The summed E-state index contributed by atoms with van der Waals surface area (Å²) in [6.45, 7) is 4.53. The molecule has 2 N–H and O–H groups in total. The summed E-state index contributed by atoms with van der Waals surface area (Å²) in [7, 11) is 0. The van der Waals surface area contributed by atoms with Crippen molar-refractivity contribution in [1.29, 1.82) is 0 Å². The minimum Gasteiger partial charge on any atom is -0.370 e. The number of pyridine rings is 1. The highest BCUT2D eigenvalue weighted by Gasteiger charge is 2.16. The van der Waals surface area contributed by atoms with Gasteiger partial charge >= 0.3 is 0 Å². The topological polar surface area (TPSA) is 54.0 Å². The van der Waals surface area contributed by atoms with Crippen molar-refractivity contribution in [3.05, 3.63) is 23.6 Å². The van der Waals surface area contributed by atoms with Crippen LogP contribution in [0.3, 0.4) is 0 Å². The van der Waals surface area contributed by atoms with Gasteiger partial charge in [-0.05, 0) is 25.7 Å². The monoisotopic (exact) mass is 285 g/mol. The summed E-state index contributed by atoms with van der Waals surface area (Å²) < 4.78 is 13.2. The van der Waals surface area contributed by atoms with Crippen LogP contribution in [0.4, 0.5) is 10.2 Å². The van der Waals surface area contributed by atoms with Crippen molar-refractivity contribution in [1.82, 2.24) is 10.3 Å². The standard InChI is InChI=1S/C13H20FN3OS/c1-4-10(8-19-3)17-13(18)11-6-9(14)7-16-12(11)15-5-2/h6-7,10H,4-5,8H2,1-3H3,(H,15,16)(H,17,18). The normalized spacial score (nSPS) is 12.0. The Hall–Kier alpha value is -1.30. The van der Waals surface area contributed by atoms with E-state index < -0.39 is 5.82 Å². The Morgan fingerprint density at radius 3 is 2.84 bits per heavy atom. The van der Waals surface area contributed by atoms with Crippen LogP contribution in [0.5, 0.6) is 0 Å². The number of nitrogens with zero attached hydrogens (tertiary/aromatic N) is 1. The summed E-state index contributed by atoms with van der Waals surface area (Å²) in [6.07, 6.45) is 3.93. The SMILES string of the molecule is CCNc1ncc(F)cc1C(=O)NC(CC)CSC. The van der Waals surface area contributed by atoms with E-state index in [4.69, 9.17) is 0 Å². The number of aromatic nitrogens is 1. The number of rotatable bonds is 7. The second-order valence-electron chi connectivity index (χ2n) is 4.11. The number of amides is 1. The summed E-state index contributed by atoms with van der Waals surface area (Å²) in [5.74, 6) is 0.454. The molecule has 0 aliphatic rings. The molecule has 0 aliphatic heterocycles. The third-order valence-electron chi connectivity index (χ3n) is 2.64. The van der Waals surface area contributed by atoms with Crippen LogP contribution in [0.2, 0.25) is 0 Å². The molecule has 1 heterocycles. The minimum absolute atomic E-state index is 0.0836. The van der Waals surface area contributed by atoms with Gasteiger partial charge in [-0.2, -0.15) is 11.8 Å². The summed E-state index contributed by atoms with van der Waals surface area (Å²) >= 11 is 1.67. The molecule has 4 nitrogen and oxygen atoms in total. The fourth-order valence-electron chi connectivity index (χ4n) is 1.65. The smallest absolute Gasteiger partial charge is 0.255 e. The summed E-state index contributed by atoms with van der Waals surface area (Å²) in [5.41, 5.74) is 0.251. The first-order valence-electron chi connectivity index (χ1n) is 6.31. The lowest BCUT2D eigenvalue weighted by Crippen LogP contribution is -2.36. The van der Waals surface area contributed by atoms with E-state index in [2.05, 4.69) is 15.6 Å². The molecule has 0 saturated heterocycles. The average molecular weight is 285 g/mol. The molecule has 0 radical (unpaired) electrons. The first-order chi connectivity index (χ1) is 9.12. The first-order valence-corrected chi connectivity index (χ1v) is 7.70. The van der Waals surface area contributed by atoms with E-state index in [-0.39, 0.29) is 17.5 Å². The minimum atomic E-state index is -0.510. The zero-order valence-electron chi connectivity index (χ0n) is 11.5. The quantitative estimate of drug-likeness (QED) is 0.808. The molecular weight excluding hydrogens is 265 g/mol. The van der Waals surface area contributed by atoms with Crippen molar-refractivity contribution in [2.45, 2.75) is 26.3 Å². The molecule has 1 amide bonds. The number of halogens is 1. The van der Waals surface area contributed by atoms with Gasteiger partial charge in [-0.15, -0.1) is 0 Å². The van der Waals surface area contributed by atoms with Crippen LogP contribution in [0.1, 0.15) is 30.6 Å². The first kappa shape index (κ1) is 15.8. The summed E-state index contributed by atoms with van der Waals surface area (Å²) in [4.78, 5) is 16.1. The van der Waals surface area contributed by atoms with Gasteiger partial charge in [0.1, 0.15) is 11.6 Å². The molecule has 0 saturated carbocycles. The van der Waals surface area contributed by atoms with E-state index in [1.165, 1.54) is 6.07 Å². The van der Waals surface area contributed by atoms with Crippen LogP contribution < -0.4 is 10.6 Å². The van der Waals surface area contributed by atoms with Gasteiger partial charge in [-0.3, -0.25) is 4.79 Å². The van der Waals surface area contributed by atoms with Crippen LogP contribution in [-0.4, -0.2) is 35.5 Å². The van der Waals surface area contributed by atoms with Crippen molar-refractivity contribution in [2.75, 3.05) is 23.9 Å². The largest absolute Gasteiger partial charge is 0.370 e. The molecule has 6 heteroatoms. The highest BCUT2D eigenvalue weighted by atomic mass is 32.2. The Kier molecular flexibility index (Phi) is 6.62. The van der Waals surface area contributed by atoms with E-state index in [1.807, 2.05) is 20.1 Å². The van der Waals surface area contributed by atoms with Crippen LogP contribution in [-0.2, 0) is 0 Å². The maximum atomic E-state index is 13.2. The molecular formula is C13H20FN3OS. The number of thioether (sulfide) groups is 1. The van der Waals surface area contributed by atoms with Crippen molar-refractivity contribution in [3.8, 4) is 0 Å². The maximum Gasteiger partial charge on any atom is 0.255 e. The van der Waals surface area contributed by atoms with E-state index in [0.717, 1.165) is 18.4 Å². The van der Waals surface area contributed by atoms with Gasteiger partial charge in [0.15, 0.2) is 0 Å². The third-order valence-corrected chi connectivity index (χ3v) is 3.37. The van der Waals surface area contributed by atoms with Gasteiger partial charge in [0, 0.05) is 18.3 Å². The highest BCUT2D eigenvalue weighted by molar-refractivity contribution is 7.98. The fourth-order valence-corrected chi connectivity index (χ4v) is 2.37. The molecule has 19 heavy (non-hydrogen) atoms. The van der Waals surface area contributed by atoms with Gasteiger partial charge in [0.05, 0.1) is 11.8 Å². The molecule has 1 aromatic heterocycles.